The first-order valence-electron chi connectivity index (χ1n) is 4.90. The zero-order chi connectivity index (χ0) is 9.84. The van der Waals surface area contributed by atoms with E-state index >= 15 is 0 Å². The average molecular weight is 198 g/mol. The topological polar surface area (TPSA) is 38.9 Å². The van der Waals surface area contributed by atoms with Crippen molar-refractivity contribution in [2.45, 2.75) is 45.6 Å². The monoisotopic (exact) mass is 198 g/mol. The van der Waals surface area contributed by atoms with Gasteiger partial charge in [0.1, 0.15) is 0 Å². The maximum Gasteiger partial charge on any atom is 0.0958 e. The fourth-order valence-corrected chi connectivity index (χ4v) is 2.48. The highest BCUT2D eigenvalue weighted by molar-refractivity contribution is 7.11. The largest absolute Gasteiger partial charge is 0.323 e. The standard InChI is InChI=1S/C10H18N2S/c1-4-8(5-2)10-12-6-9(13-10)7(3)11/h6-8H,4-5,11H2,1-3H3. The Morgan fingerprint density at radius 1 is 1.46 bits per heavy atom. The van der Waals surface area contributed by atoms with Crippen LogP contribution in [-0.2, 0) is 0 Å². The summed E-state index contributed by atoms with van der Waals surface area (Å²) in [6, 6.07) is 0.126. The van der Waals surface area contributed by atoms with Gasteiger partial charge in [-0.15, -0.1) is 11.3 Å². The lowest BCUT2D eigenvalue weighted by atomic mass is 10.1. The normalized spacial score (nSPS) is 13.6. The van der Waals surface area contributed by atoms with E-state index in [0.29, 0.717) is 5.92 Å². The molecule has 0 amide bonds. The Morgan fingerprint density at radius 2 is 2.08 bits per heavy atom. The quantitative estimate of drug-likeness (QED) is 0.807. The molecule has 0 aromatic carbocycles. The van der Waals surface area contributed by atoms with E-state index in [1.165, 1.54) is 22.7 Å². The van der Waals surface area contributed by atoms with Crippen molar-refractivity contribution in [3.05, 3.63) is 16.1 Å². The third-order valence-electron chi connectivity index (χ3n) is 2.33. The maximum atomic E-state index is 5.78. The van der Waals surface area contributed by atoms with Gasteiger partial charge < -0.3 is 5.73 Å². The van der Waals surface area contributed by atoms with Gasteiger partial charge >= 0.3 is 0 Å². The Morgan fingerprint density at radius 3 is 2.46 bits per heavy atom. The molecule has 1 rings (SSSR count). The highest BCUT2D eigenvalue weighted by Gasteiger charge is 2.12. The fraction of sp³-hybridized carbons (Fsp3) is 0.700. The van der Waals surface area contributed by atoms with Gasteiger partial charge in [0.05, 0.1) is 5.01 Å². The lowest BCUT2D eigenvalue weighted by Crippen LogP contribution is -2.01. The lowest BCUT2D eigenvalue weighted by Gasteiger charge is -2.07. The molecule has 2 N–H and O–H groups in total. The van der Waals surface area contributed by atoms with E-state index in [1.807, 2.05) is 13.1 Å². The highest BCUT2D eigenvalue weighted by atomic mass is 32.1. The molecule has 13 heavy (non-hydrogen) atoms. The van der Waals surface area contributed by atoms with Crippen molar-refractivity contribution >= 4 is 11.3 Å². The van der Waals surface area contributed by atoms with Gasteiger partial charge in [-0.2, -0.15) is 0 Å². The van der Waals surface area contributed by atoms with Crippen LogP contribution in [0.5, 0.6) is 0 Å². The molecule has 1 unspecified atom stereocenters. The average Bonchev–Trinajstić information content (AvgIpc) is 2.56. The number of nitrogens with two attached hydrogens (primary N) is 1. The second-order valence-corrected chi connectivity index (χ2v) is 4.50. The van der Waals surface area contributed by atoms with E-state index in [0.717, 1.165) is 0 Å². The van der Waals surface area contributed by atoms with Crippen LogP contribution < -0.4 is 5.73 Å². The van der Waals surface area contributed by atoms with Gasteiger partial charge in [0.15, 0.2) is 0 Å². The molecule has 1 atom stereocenters. The van der Waals surface area contributed by atoms with E-state index in [2.05, 4.69) is 18.8 Å². The van der Waals surface area contributed by atoms with Gasteiger partial charge in [0, 0.05) is 23.0 Å². The minimum absolute atomic E-state index is 0.126. The summed E-state index contributed by atoms with van der Waals surface area (Å²) in [6.07, 6.45) is 4.26. The predicted octanol–water partition coefficient (Wildman–Crippen LogP) is 3.07. The summed E-state index contributed by atoms with van der Waals surface area (Å²) in [6.45, 7) is 6.42. The number of hydrogen-bond donors (Lipinski definition) is 1. The molecule has 3 heteroatoms. The molecule has 0 spiro atoms. The Bertz CT molecular complexity index is 251. The zero-order valence-electron chi connectivity index (χ0n) is 8.58. The highest BCUT2D eigenvalue weighted by Crippen LogP contribution is 2.29. The molecular formula is C10H18N2S. The Kier molecular flexibility index (Phi) is 3.88. The molecule has 74 valence electrons. The van der Waals surface area contributed by atoms with Crippen molar-refractivity contribution in [2.75, 3.05) is 0 Å². The smallest absolute Gasteiger partial charge is 0.0958 e. The first kappa shape index (κ1) is 10.7. The molecule has 0 fully saturated rings. The van der Waals surface area contributed by atoms with Gasteiger partial charge in [-0.1, -0.05) is 13.8 Å². The Labute approximate surface area is 84.2 Å². The van der Waals surface area contributed by atoms with Crippen molar-refractivity contribution in [1.82, 2.24) is 4.98 Å². The summed E-state index contributed by atoms with van der Waals surface area (Å²) in [5, 5.41) is 1.25. The Balaban J connectivity index is 2.78. The zero-order valence-corrected chi connectivity index (χ0v) is 9.40. The lowest BCUT2D eigenvalue weighted by molar-refractivity contribution is 0.637. The van der Waals surface area contributed by atoms with Gasteiger partial charge in [-0.25, -0.2) is 4.98 Å². The number of nitrogens with zero attached hydrogens (tertiary/aromatic N) is 1. The molecule has 1 aromatic heterocycles. The summed E-state index contributed by atoms with van der Waals surface area (Å²) in [5.74, 6) is 0.623. The van der Waals surface area contributed by atoms with Crippen LogP contribution >= 0.6 is 11.3 Å². The van der Waals surface area contributed by atoms with E-state index in [9.17, 15) is 0 Å². The minimum atomic E-state index is 0.126. The third-order valence-corrected chi connectivity index (χ3v) is 3.69. The number of aromatic nitrogens is 1. The van der Waals surface area contributed by atoms with Crippen molar-refractivity contribution < 1.29 is 0 Å². The van der Waals surface area contributed by atoms with Gasteiger partial charge in [-0.05, 0) is 19.8 Å². The van der Waals surface area contributed by atoms with E-state index in [1.54, 1.807) is 11.3 Å². The second-order valence-electron chi connectivity index (χ2n) is 3.40. The first-order chi connectivity index (χ1) is 6.19. The van der Waals surface area contributed by atoms with Crippen LogP contribution in [0.3, 0.4) is 0 Å². The molecule has 0 aliphatic carbocycles. The fourth-order valence-electron chi connectivity index (χ4n) is 1.34. The van der Waals surface area contributed by atoms with E-state index in [-0.39, 0.29) is 6.04 Å². The molecule has 0 bridgehead atoms. The van der Waals surface area contributed by atoms with Gasteiger partial charge in [0.2, 0.25) is 0 Å². The van der Waals surface area contributed by atoms with Gasteiger partial charge in [-0.3, -0.25) is 0 Å². The molecule has 1 aromatic rings. The molecule has 2 nitrogen and oxygen atoms in total. The summed E-state index contributed by atoms with van der Waals surface area (Å²) >= 11 is 1.76. The second kappa shape index (κ2) is 4.72. The van der Waals surface area contributed by atoms with Gasteiger partial charge in [0.25, 0.3) is 0 Å². The van der Waals surface area contributed by atoms with Crippen LogP contribution in [0.25, 0.3) is 0 Å². The summed E-state index contributed by atoms with van der Waals surface area (Å²) < 4.78 is 0. The number of rotatable bonds is 4. The SMILES string of the molecule is CCC(CC)c1ncc(C(C)N)s1. The van der Waals surface area contributed by atoms with Crippen LogP contribution in [0, 0.1) is 0 Å². The maximum absolute atomic E-state index is 5.78. The van der Waals surface area contributed by atoms with Crippen LogP contribution in [0.15, 0.2) is 6.20 Å². The summed E-state index contributed by atoms with van der Waals surface area (Å²) in [7, 11) is 0. The van der Waals surface area contributed by atoms with Crippen LogP contribution in [0.1, 0.15) is 55.5 Å². The summed E-state index contributed by atoms with van der Waals surface area (Å²) in [4.78, 5) is 5.61. The van der Waals surface area contributed by atoms with Crippen LogP contribution in [-0.4, -0.2) is 4.98 Å². The Hall–Kier alpha value is -0.410. The molecule has 0 aliphatic rings. The molecule has 0 saturated heterocycles. The molecular weight excluding hydrogens is 180 g/mol. The number of thiazole rings is 1. The minimum Gasteiger partial charge on any atom is -0.323 e. The van der Waals surface area contributed by atoms with Crippen LogP contribution in [0.2, 0.25) is 0 Å². The molecule has 0 aliphatic heterocycles. The summed E-state index contributed by atoms with van der Waals surface area (Å²) in [5.41, 5.74) is 5.78. The molecule has 0 radical (unpaired) electrons. The third kappa shape index (κ3) is 2.51. The van der Waals surface area contributed by atoms with E-state index in [4.69, 9.17) is 5.73 Å². The van der Waals surface area contributed by atoms with Crippen molar-refractivity contribution in [3.8, 4) is 0 Å². The van der Waals surface area contributed by atoms with Crippen LogP contribution in [0.4, 0.5) is 0 Å². The molecule has 1 heterocycles. The molecule has 0 saturated carbocycles. The predicted molar refractivity (Wildman–Crippen MR) is 58.0 cm³/mol. The van der Waals surface area contributed by atoms with E-state index < -0.39 is 0 Å². The van der Waals surface area contributed by atoms with Crippen molar-refractivity contribution in [2.24, 2.45) is 5.73 Å². The van der Waals surface area contributed by atoms with Crippen molar-refractivity contribution in [1.29, 1.82) is 0 Å². The van der Waals surface area contributed by atoms with Crippen molar-refractivity contribution in [3.63, 3.8) is 0 Å². The number of hydrogen-bond acceptors (Lipinski definition) is 3. The first-order valence-corrected chi connectivity index (χ1v) is 5.71.